The molecule has 0 N–H and O–H groups in total. The highest BCUT2D eigenvalue weighted by Gasteiger charge is 2.19. The van der Waals surface area contributed by atoms with Crippen LogP contribution in [0.4, 0.5) is 0 Å². The smallest absolute Gasteiger partial charge is 0.272 e. The first-order valence-corrected chi connectivity index (χ1v) is 8.79. The lowest BCUT2D eigenvalue weighted by atomic mass is 10.1. The maximum absolute atomic E-state index is 13.1. The van der Waals surface area contributed by atoms with Gasteiger partial charge in [-0.1, -0.05) is 35.9 Å². The molecule has 26 heavy (non-hydrogen) atoms. The zero-order valence-corrected chi connectivity index (χ0v) is 15.3. The summed E-state index contributed by atoms with van der Waals surface area (Å²) in [6.45, 7) is 1.64. The van der Waals surface area contributed by atoms with Crippen molar-refractivity contribution in [3.63, 3.8) is 0 Å². The maximum atomic E-state index is 13.1. The van der Waals surface area contributed by atoms with E-state index in [0.29, 0.717) is 30.5 Å². The average molecular weight is 370 g/mol. The van der Waals surface area contributed by atoms with Crippen molar-refractivity contribution in [3.8, 4) is 0 Å². The Hall–Kier alpha value is -2.50. The van der Waals surface area contributed by atoms with Crippen LogP contribution in [0.5, 0.6) is 0 Å². The fourth-order valence-electron chi connectivity index (χ4n) is 2.79. The summed E-state index contributed by atoms with van der Waals surface area (Å²) in [5.41, 5.74) is 1.36. The molecule has 0 atom stereocenters. The Balaban J connectivity index is 1.88. The maximum Gasteiger partial charge on any atom is 0.272 e. The van der Waals surface area contributed by atoms with Crippen LogP contribution in [0.3, 0.4) is 0 Å². The minimum atomic E-state index is -0.148. The topological polar surface area (TPSA) is 55.3 Å². The highest BCUT2D eigenvalue weighted by Crippen LogP contribution is 2.23. The Morgan fingerprint density at radius 1 is 1.19 bits per heavy atom. The number of benzene rings is 1. The summed E-state index contributed by atoms with van der Waals surface area (Å²) in [6.07, 6.45) is 4.19. The normalized spacial score (nSPS) is 10.8. The van der Waals surface area contributed by atoms with E-state index in [2.05, 4.69) is 9.97 Å². The first kappa shape index (κ1) is 18.3. The first-order chi connectivity index (χ1) is 12.7. The van der Waals surface area contributed by atoms with E-state index in [1.807, 2.05) is 36.4 Å². The number of hydrogen-bond acceptors (Lipinski definition) is 4. The summed E-state index contributed by atoms with van der Waals surface area (Å²) < 4.78 is 5.12. The largest absolute Gasteiger partial charge is 0.385 e. The monoisotopic (exact) mass is 369 g/mol. The molecular formula is C20H20ClN3O2. The van der Waals surface area contributed by atoms with E-state index in [1.54, 1.807) is 30.5 Å². The van der Waals surface area contributed by atoms with E-state index in [4.69, 9.17) is 16.3 Å². The van der Waals surface area contributed by atoms with Gasteiger partial charge in [-0.2, -0.15) is 0 Å². The van der Waals surface area contributed by atoms with E-state index in [0.717, 1.165) is 22.8 Å². The van der Waals surface area contributed by atoms with E-state index in [-0.39, 0.29) is 5.91 Å². The van der Waals surface area contributed by atoms with Gasteiger partial charge in [0.1, 0.15) is 10.8 Å². The molecule has 0 aliphatic heterocycles. The molecule has 0 radical (unpaired) electrons. The summed E-state index contributed by atoms with van der Waals surface area (Å²) in [5, 5.41) is 2.08. The zero-order chi connectivity index (χ0) is 18.4. The number of methoxy groups -OCH3 is 1. The number of nitrogens with zero attached hydrogens (tertiary/aromatic N) is 3. The molecule has 1 aromatic carbocycles. The molecule has 3 aromatic rings. The van der Waals surface area contributed by atoms with E-state index < -0.39 is 0 Å². The van der Waals surface area contributed by atoms with E-state index in [9.17, 15) is 4.79 Å². The molecule has 3 rings (SSSR count). The minimum absolute atomic E-state index is 0.148. The third kappa shape index (κ3) is 4.36. The standard InChI is InChI=1S/C20H20ClN3O2/c1-26-12-4-11-24(14-15-7-9-22-10-8-15)20(25)18-13-16-5-2-3-6-17(16)19(21)23-18/h2-3,5-10,13H,4,11-12,14H2,1H3. The number of fused-ring (bicyclic) bond motifs is 1. The lowest BCUT2D eigenvalue weighted by Gasteiger charge is -2.22. The van der Waals surface area contributed by atoms with Gasteiger partial charge in [-0.25, -0.2) is 4.98 Å². The Labute approximate surface area is 157 Å². The van der Waals surface area contributed by atoms with Gasteiger partial charge in [-0.3, -0.25) is 9.78 Å². The second-order valence-corrected chi connectivity index (χ2v) is 6.31. The molecule has 0 aliphatic rings. The van der Waals surface area contributed by atoms with Gasteiger partial charge in [-0.15, -0.1) is 0 Å². The average Bonchev–Trinajstić information content (AvgIpc) is 2.67. The van der Waals surface area contributed by atoms with Gasteiger partial charge in [0.15, 0.2) is 0 Å². The SMILES string of the molecule is COCCCN(Cc1ccncc1)C(=O)c1cc2ccccc2c(Cl)n1. The lowest BCUT2D eigenvalue weighted by Crippen LogP contribution is -2.32. The zero-order valence-electron chi connectivity index (χ0n) is 14.6. The summed E-state index contributed by atoms with van der Waals surface area (Å²) >= 11 is 6.29. The summed E-state index contributed by atoms with van der Waals surface area (Å²) in [7, 11) is 1.65. The number of pyridine rings is 2. The molecule has 2 heterocycles. The van der Waals surface area contributed by atoms with Crippen LogP contribution < -0.4 is 0 Å². The van der Waals surface area contributed by atoms with E-state index >= 15 is 0 Å². The van der Waals surface area contributed by atoms with Gasteiger partial charge in [0, 0.05) is 44.6 Å². The van der Waals surface area contributed by atoms with Crippen LogP contribution in [0.1, 0.15) is 22.5 Å². The summed E-state index contributed by atoms with van der Waals surface area (Å²) in [4.78, 5) is 23.2. The Kier molecular flexibility index (Phi) is 6.15. The number of aromatic nitrogens is 2. The Morgan fingerprint density at radius 2 is 1.96 bits per heavy atom. The second kappa shape index (κ2) is 8.74. The van der Waals surface area contributed by atoms with Gasteiger partial charge in [0.25, 0.3) is 5.91 Å². The molecule has 5 nitrogen and oxygen atoms in total. The number of carbonyl (C=O) groups excluding carboxylic acids is 1. The first-order valence-electron chi connectivity index (χ1n) is 8.41. The van der Waals surface area contributed by atoms with Crippen molar-refractivity contribution in [2.75, 3.05) is 20.3 Å². The quantitative estimate of drug-likeness (QED) is 0.467. The molecule has 0 aliphatic carbocycles. The minimum Gasteiger partial charge on any atom is -0.385 e. The van der Waals surface area contributed by atoms with Crippen LogP contribution in [0.2, 0.25) is 5.15 Å². The van der Waals surface area contributed by atoms with Gasteiger partial charge < -0.3 is 9.64 Å². The Morgan fingerprint density at radius 3 is 2.73 bits per heavy atom. The van der Waals surface area contributed by atoms with Crippen LogP contribution in [0.25, 0.3) is 10.8 Å². The molecule has 0 saturated carbocycles. The predicted molar refractivity (Wildman–Crippen MR) is 102 cm³/mol. The highest BCUT2D eigenvalue weighted by molar-refractivity contribution is 6.34. The third-order valence-corrected chi connectivity index (χ3v) is 4.39. The molecular weight excluding hydrogens is 350 g/mol. The van der Waals surface area contributed by atoms with Crippen molar-refractivity contribution >= 4 is 28.3 Å². The number of halogens is 1. The number of amides is 1. The third-order valence-electron chi connectivity index (χ3n) is 4.10. The molecule has 0 saturated heterocycles. The van der Waals surface area contributed by atoms with E-state index in [1.165, 1.54) is 0 Å². The van der Waals surface area contributed by atoms with Crippen LogP contribution in [0.15, 0.2) is 54.9 Å². The molecule has 134 valence electrons. The van der Waals surface area contributed by atoms with Crippen LogP contribution in [-0.2, 0) is 11.3 Å². The van der Waals surface area contributed by atoms with Crippen LogP contribution in [0, 0.1) is 0 Å². The molecule has 0 spiro atoms. The fraction of sp³-hybridized carbons (Fsp3) is 0.250. The van der Waals surface area contributed by atoms with Gasteiger partial charge in [0.2, 0.25) is 0 Å². The molecule has 2 aromatic heterocycles. The highest BCUT2D eigenvalue weighted by atomic mass is 35.5. The lowest BCUT2D eigenvalue weighted by molar-refractivity contribution is 0.0718. The van der Waals surface area contributed by atoms with Crippen LogP contribution in [-0.4, -0.2) is 41.0 Å². The van der Waals surface area contributed by atoms with Crippen molar-refractivity contribution in [1.29, 1.82) is 0 Å². The number of rotatable bonds is 7. The molecule has 0 unspecified atom stereocenters. The van der Waals surface area contributed by atoms with Crippen molar-refractivity contribution in [2.45, 2.75) is 13.0 Å². The molecule has 6 heteroatoms. The second-order valence-electron chi connectivity index (χ2n) is 5.95. The van der Waals surface area contributed by atoms with Crippen molar-refractivity contribution in [2.24, 2.45) is 0 Å². The van der Waals surface area contributed by atoms with Crippen molar-refractivity contribution in [3.05, 3.63) is 71.3 Å². The van der Waals surface area contributed by atoms with Gasteiger partial charge in [0.05, 0.1) is 0 Å². The number of ether oxygens (including phenoxy) is 1. The predicted octanol–water partition coefficient (Wildman–Crippen LogP) is 3.96. The van der Waals surface area contributed by atoms with Crippen LogP contribution >= 0.6 is 11.6 Å². The van der Waals surface area contributed by atoms with Crippen molar-refractivity contribution < 1.29 is 9.53 Å². The molecule has 0 bridgehead atoms. The molecule has 1 amide bonds. The number of hydrogen-bond donors (Lipinski definition) is 0. The number of carbonyl (C=O) groups is 1. The summed E-state index contributed by atoms with van der Waals surface area (Å²) in [5.74, 6) is -0.148. The van der Waals surface area contributed by atoms with Gasteiger partial charge in [-0.05, 0) is 35.6 Å². The summed E-state index contributed by atoms with van der Waals surface area (Å²) in [6, 6.07) is 13.2. The Bertz CT molecular complexity index is 887. The van der Waals surface area contributed by atoms with Gasteiger partial charge >= 0.3 is 0 Å². The van der Waals surface area contributed by atoms with Crippen molar-refractivity contribution in [1.82, 2.24) is 14.9 Å². The molecule has 0 fully saturated rings. The fourth-order valence-corrected chi connectivity index (χ4v) is 3.05.